The number of rotatable bonds is 5. The molecular weight excluding hydrogens is 506 g/mol. The van der Waals surface area contributed by atoms with Crippen LogP contribution < -0.4 is 5.32 Å². The molecule has 10 heteroatoms. The molecule has 6 rings (SSSR count). The summed E-state index contributed by atoms with van der Waals surface area (Å²) in [5.74, 6) is -0.870. The number of aromatic hydroxyl groups is 1. The number of carbonyl (C=O) groups is 2. The molecule has 3 heterocycles. The normalized spacial score (nSPS) is 15.1. The lowest BCUT2D eigenvalue weighted by Crippen LogP contribution is -2.32. The maximum atomic E-state index is 13.0. The van der Waals surface area contributed by atoms with Crippen molar-refractivity contribution in [2.45, 2.75) is 26.2 Å². The summed E-state index contributed by atoms with van der Waals surface area (Å²) in [6.45, 7) is 2.44. The fourth-order valence-corrected chi connectivity index (χ4v) is 5.46. The Morgan fingerprint density at radius 1 is 1.16 bits per heavy atom. The molecule has 3 aromatic heterocycles. The van der Waals surface area contributed by atoms with Gasteiger partial charge in [-0.3, -0.25) is 9.36 Å². The minimum Gasteiger partial charge on any atom is -0.506 e. The molecule has 1 aliphatic carbocycles. The number of aromatic carboxylic acids is 1. The van der Waals surface area contributed by atoms with Gasteiger partial charge in [-0.15, -0.1) is 0 Å². The predicted molar refractivity (Wildman–Crippen MR) is 142 cm³/mol. The van der Waals surface area contributed by atoms with Crippen molar-refractivity contribution < 1.29 is 19.8 Å². The quantitative estimate of drug-likeness (QED) is 0.306. The maximum Gasteiger partial charge on any atom is 0.335 e. The Hall–Kier alpha value is -4.37. The Kier molecular flexibility index (Phi) is 5.80. The molecule has 5 aromatic rings. The number of aromatic nitrogens is 4. The molecule has 0 unspecified atom stereocenters. The molecule has 2 aromatic carbocycles. The second-order valence-electron chi connectivity index (χ2n) is 9.65. The van der Waals surface area contributed by atoms with Crippen LogP contribution in [0.2, 0.25) is 5.02 Å². The van der Waals surface area contributed by atoms with Crippen molar-refractivity contribution in [3.63, 3.8) is 0 Å². The minimum absolute atomic E-state index is 0.158. The van der Waals surface area contributed by atoms with Gasteiger partial charge >= 0.3 is 5.97 Å². The number of pyridine rings is 1. The topological polar surface area (TPSA) is 122 Å². The third kappa shape index (κ3) is 4.05. The SMILES string of the molecule is Cc1ccc(O)c2c3c(nn12)CC[C@H](CNC(=O)c1ccc(-n2cnc4ccc(C(=O)O)cc42)cc1Cl)C3. The zero-order valence-corrected chi connectivity index (χ0v) is 21.2. The number of fused-ring (bicyclic) bond motifs is 4. The second kappa shape index (κ2) is 9.18. The third-order valence-electron chi connectivity index (χ3n) is 7.23. The van der Waals surface area contributed by atoms with Crippen molar-refractivity contribution in [1.29, 1.82) is 0 Å². The molecule has 1 aliphatic rings. The van der Waals surface area contributed by atoms with E-state index in [-0.39, 0.29) is 28.2 Å². The standard InChI is InChI=1S/C28H24ClN5O4/c1-15-2-9-25(35)26-20-10-16(3-7-22(20)32-34(15)26)13-30-27(36)19-6-5-18(12-21(19)29)33-14-31-23-8-4-17(28(37)38)11-24(23)33/h2,4-6,8-9,11-12,14,16,35H,3,7,10,13H2,1H3,(H,30,36)(H,37,38)/t16-/m0/s1. The van der Waals surface area contributed by atoms with Gasteiger partial charge in [0.05, 0.1) is 32.9 Å². The number of hydrogen-bond acceptors (Lipinski definition) is 5. The van der Waals surface area contributed by atoms with Crippen LogP contribution in [0.25, 0.3) is 22.2 Å². The van der Waals surface area contributed by atoms with Gasteiger partial charge in [-0.05, 0) is 80.6 Å². The molecule has 192 valence electrons. The molecule has 1 atom stereocenters. The number of imidazole rings is 1. The first kappa shape index (κ1) is 24.0. The molecule has 0 saturated heterocycles. The van der Waals surface area contributed by atoms with Crippen LogP contribution >= 0.6 is 11.6 Å². The number of nitrogens with one attached hydrogen (secondary N) is 1. The van der Waals surface area contributed by atoms with Crippen LogP contribution in [0.15, 0.2) is 54.9 Å². The van der Waals surface area contributed by atoms with Crippen molar-refractivity contribution in [2.75, 3.05) is 6.54 Å². The monoisotopic (exact) mass is 529 g/mol. The summed E-state index contributed by atoms with van der Waals surface area (Å²) in [5, 5.41) is 27.7. The van der Waals surface area contributed by atoms with Gasteiger partial charge in [-0.1, -0.05) is 11.6 Å². The zero-order chi connectivity index (χ0) is 26.6. The Morgan fingerprint density at radius 3 is 2.79 bits per heavy atom. The number of benzene rings is 2. The van der Waals surface area contributed by atoms with E-state index in [0.717, 1.165) is 41.7 Å². The summed E-state index contributed by atoms with van der Waals surface area (Å²) < 4.78 is 3.54. The number of halogens is 1. The first-order chi connectivity index (χ1) is 18.3. The first-order valence-electron chi connectivity index (χ1n) is 12.3. The summed E-state index contributed by atoms with van der Waals surface area (Å²) in [6.07, 6.45) is 3.98. The van der Waals surface area contributed by atoms with Crippen molar-refractivity contribution in [3.05, 3.63) is 88.0 Å². The summed E-state index contributed by atoms with van der Waals surface area (Å²) >= 11 is 6.52. The highest BCUT2D eigenvalue weighted by Gasteiger charge is 2.26. The number of carboxylic acids is 1. The van der Waals surface area contributed by atoms with E-state index in [1.54, 1.807) is 51.8 Å². The number of carboxylic acid groups (broad SMARTS) is 1. The predicted octanol–water partition coefficient (Wildman–Crippen LogP) is 4.57. The summed E-state index contributed by atoms with van der Waals surface area (Å²) in [4.78, 5) is 28.7. The lowest BCUT2D eigenvalue weighted by Gasteiger charge is -2.22. The molecule has 0 bridgehead atoms. The van der Waals surface area contributed by atoms with Crippen LogP contribution in [-0.4, -0.2) is 47.8 Å². The van der Waals surface area contributed by atoms with Crippen LogP contribution in [0.1, 0.15) is 44.1 Å². The van der Waals surface area contributed by atoms with Crippen molar-refractivity contribution in [2.24, 2.45) is 5.92 Å². The van der Waals surface area contributed by atoms with Gasteiger partial charge in [0.2, 0.25) is 0 Å². The molecule has 0 radical (unpaired) electrons. The summed E-state index contributed by atoms with van der Waals surface area (Å²) in [7, 11) is 0. The highest BCUT2D eigenvalue weighted by molar-refractivity contribution is 6.34. The second-order valence-corrected chi connectivity index (χ2v) is 10.1. The Labute approximate surface area is 222 Å². The van der Waals surface area contributed by atoms with Gasteiger partial charge < -0.3 is 15.5 Å². The van der Waals surface area contributed by atoms with E-state index < -0.39 is 5.97 Å². The number of nitrogens with zero attached hydrogens (tertiary/aromatic N) is 4. The lowest BCUT2D eigenvalue weighted by atomic mass is 9.86. The van der Waals surface area contributed by atoms with Gasteiger partial charge in [-0.2, -0.15) is 5.10 Å². The highest BCUT2D eigenvalue weighted by atomic mass is 35.5. The molecule has 38 heavy (non-hydrogen) atoms. The minimum atomic E-state index is -1.02. The summed E-state index contributed by atoms with van der Waals surface area (Å²) in [6, 6.07) is 13.3. The lowest BCUT2D eigenvalue weighted by molar-refractivity contribution is 0.0696. The molecular formula is C28H24ClN5O4. The van der Waals surface area contributed by atoms with E-state index in [4.69, 9.17) is 11.6 Å². The third-order valence-corrected chi connectivity index (χ3v) is 7.54. The Balaban J connectivity index is 1.18. The van der Waals surface area contributed by atoms with Gasteiger partial charge in [0.1, 0.15) is 17.6 Å². The zero-order valence-electron chi connectivity index (χ0n) is 20.5. The van der Waals surface area contributed by atoms with Crippen molar-refractivity contribution in [1.82, 2.24) is 24.5 Å². The maximum absolute atomic E-state index is 13.0. The van der Waals surface area contributed by atoms with Gasteiger partial charge in [0, 0.05) is 23.5 Å². The number of carbonyl (C=O) groups excluding carboxylic acids is 1. The van der Waals surface area contributed by atoms with Gasteiger partial charge in [0.15, 0.2) is 0 Å². The smallest absolute Gasteiger partial charge is 0.335 e. The number of hydrogen-bond donors (Lipinski definition) is 3. The van der Waals surface area contributed by atoms with Gasteiger partial charge in [0.25, 0.3) is 5.91 Å². The van der Waals surface area contributed by atoms with Crippen molar-refractivity contribution >= 4 is 40.0 Å². The van der Waals surface area contributed by atoms with Gasteiger partial charge in [-0.25, -0.2) is 14.3 Å². The summed E-state index contributed by atoms with van der Waals surface area (Å²) in [5.41, 5.74) is 6.20. The molecule has 1 amide bonds. The fourth-order valence-electron chi connectivity index (χ4n) is 5.20. The largest absolute Gasteiger partial charge is 0.506 e. The highest BCUT2D eigenvalue weighted by Crippen LogP contribution is 2.33. The van der Waals surface area contributed by atoms with E-state index in [0.29, 0.717) is 28.8 Å². The van der Waals surface area contributed by atoms with E-state index in [2.05, 4.69) is 15.4 Å². The average molecular weight is 530 g/mol. The van der Waals surface area contributed by atoms with Crippen LogP contribution in [-0.2, 0) is 12.8 Å². The molecule has 0 spiro atoms. The average Bonchev–Trinajstić information content (AvgIpc) is 3.51. The van der Waals surface area contributed by atoms with Crippen molar-refractivity contribution in [3.8, 4) is 11.4 Å². The van der Waals surface area contributed by atoms with E-state index >= 15 is 0 Å². The molecule has 3 N–H and O–H groups in total. The molecule has 0 aliphatic heterocycles. The fraction of sp³-hybridized carbons (Fsp3) is 0.214. The molecule has 0 saturated carbocycles. The van der Waals surface area contributed by atoms with E-state index in [1.165, 1.54) is 6.07 Å². The Bertz CT molecular complexity index is 1760. The Morgan fingerprint density at radius 2 is 2.00 bits per heavy atom. The van der Waals surface area contributed by atoms with Crippen LogP contribution in [0.5, 0.6) is 5.75 Å². The number of amides is 1. The molecule has 0 fully saturated rings. The van der Waals surface area contributed by atoms with E-state index in [1.807, 2.05) is 13.0 Å². The van der Waals surface area contributed by atoms with Crippen LogP contribution in [0.3, 0.4) is 0 Å². The molecule has 9 nitrogen and oxygen atoms in total. The van der Waals surface area contributed by atoms with Crippen LogP contribution in [0.4, 0.5) is 0 Å². The van der Waals surface area contributed by atoms with Crippen LogP contribution in [0, 0.1) is 12.8 Å². The first-order valence-corrected chi connectivity index (χ1v) is 12.7. The number of aryl methyl sites for hydroxylation is 2. The van der Waals surface area contributed by atoms with E-state index in [9.17, 15) is 19.8 Å².